The first-order valence-electron chi connectivity index (χ1n) is 11.8. The summed E-state index contributed by atoms with van der Waals surface area (Å²) >= 11 is 7.21. The number of nitrogens with zero attached hydrogens (tertiary/aromatic N) is 3. The number of carbonyl (C=O) groups is 3. The molecule has 1 aromatic heterocycles. The van der Waals surface area contributed by atoms with Crippen molar-refractivity contribution in [1.82, 2.24) is 15.3 Å². The molecule has 2 unspecified atom stereocenters. The second kappa shape index (κ2) is 13.0. The molecule has 0 bridgehead atoms. The number of nitrogens with two attached hydrogens (primary N) is 2. The fraction of sp³-hybridized carbons (Fsp3) is 0.458. The number of fused-ring (bicyclic) bond motifs is 1. The van der Waals surface area contributed by atoms with E-state index in [1.807, 2.05) is 12.1 Å². The Balaban J connectivity index is 1.66. The van der Waals surface area contributed by atoms with Crippen LogP contribution in [0.4, 0.5) is 17.5 Å². The summed E-state index contributed by atoms with van der Waals surface area (Å²) in [5.74, 6) is -2.41. The Morgan fingerprint density at radius 2 is 1.86 bits per heavy atom. The summed E-state index contributed by atoms with van der Waals surface area (Å²) < 4.78 is 0. The van der Waals surface area contributed by atoms with Crippen LogP contribution in [0, 0.1) is 0 Å². The van der Waals surface area contributed by atoms with Crippen molar-refractivity contribution >= 4 is 67.2 Å². The molecule has 0 saturated carbocycles. The van der Waals surface area contributed by atoms with Gasteiger partial charge in [0, 0.05) is 34.7 Å². The van der Waals surface area contributed by atoms with E-state index in [4.69, 9.17) is 16.6 Å². The molecular weight excluding hydrogens is 612 g/mol. The van der Waals surface area contributed by atoms with Gasteiger partial charge in [-0.25, -0.2) is 9.78 Å². The summed E-state index contributed by atoms with van der Waals surface area (Å²) in [6.07, 6.45) is 2.69. The molecule has 1 aromatic carbocycles. The van der Waals surface area contributed by atoms with E-state index in [2.05, 4.69) is 52.0 Å². The molecule has 2 aromatic rings. The van der Waals surface area contributed by atoms with Crippen LogP contribution in [0.2, 0.25) is 0 Å². The third-order valence-electron chi connectivity index (χ3n) is 6.24. The zero-order valence-corrected chi connectivity index (χ0v) is 23.2. The molecule has 7 N–H and O–H groups in total. The highest BCUT2D eigenvalue weighted by Gasteiger charge is 2.31. The third kappa shape index (κ3) is 7.78. The first-order chi connectivity index (χ1) is 17.6. The van der Waals surface area contributed by atoms with Gasteiger partial charge in [0.1, 0.15) is 11.7 Å². The number of amides is 1. The van der Waals surface area contributed by atoms with Crippen molar-refractivity contribution in [2.24, 2.45) is 0 Å². The van der Waals surface area contributed by atoms with Gasteiger partial charge in [0.05, 0.1) is 5.69 Å². The number of aliphatic carboxylic acids is 2. The molecular formula is C24H30Br2N6O5. The molecule has 200 valence electrons. The van der Waals surface area contributed by atoms with Crippen molar-refractivity contribution in [1.29, 1.82) is 0 Å². The van der Waals surface area contributed by atoms with E-state index >= 15 is 0 Å². The lowest BCUT2D eigenvalue weighted by molar-refractivity contribution is -0.140. The molecule has 2 heterocycles. The molecule has 0 spiro atoms. The van der Waals surface area contributed by atoms with Gasteiger partial charge in [0.15, 0.2) is 5.82 Å². The van der Waals surface area contributed by atoms with Crippen LogP contribution in [0.25, 0.3) is 0 Å². The second-order valence-electron chi connectivity index (χ2n) is 8.89. The molecule has 0 saturated heterocycles. The van der Waals surface area contributed by atoms with Gasteiger partial charge in [-0.2, -0.15) is 4.98 Å². The second-order valence-corrected chi connectivity index (χ2v) is 10.8. The molecule has 0 aliphatic carbocycles. The first kappa shape index (κ1) is 28.6. The van der Waals surface area contributed by atoms with Crippen molar-refractivity contribution in [2.45, 2.75) is 55.4 Å². The summed E-state index contributed by atoms with van der Waals surface area (Å²) in [5.41, 5.74) is 15.1. The van der Waals surface area contributed by atoms with E-state index in [0.29, 0.717) is 17.9 Å². The highest BCUT2D eigenvalue weighted by atomic mass is 79.9. The highest BCUT2D eigenvalue weighted by molar-refractivity contribution is 9.12. The standard InChI is InChI=1S/C24H30Br2N6O5/c25-11-15(26)12-32-16(7-8-17-20(32)21(27)31-24(28)30-17)6-3-13-1-4-14(5-2-13)22(35)29-18(23(36)37)9-10-19(33)34/h1-2,4-5,15-16,18H,3,6-12H2,(H,29,35)(H,33,34)(H,36,37)(H4,27,28,30,31)/t15?,16?,18-/m0/s1. The molecule has 11 nitrogen and oxygen atoms in total. The number of hydrogen-bond donors (Lipinski definition) is 5. The van der Waals surface area contributed by atoms with Gasteiger partial charge in [-0.05, 0) is 49.8 Å². The van der Waals surface area contributed by atoms with Gasteiger partial charge < -0.3 is 31.9 Å². The van der Waals surface area contributed by atoms with E-state index in [-0.39, 0.29) is 29.7 Å². The molecule has 1 aliphatic heterocycles. The Hall–Kier alpha value is -2.93. The maximum atomic E-state index is 12.5. The van der Waals surface area contributed by atoms with Crippen molar-refractivity contribution in [2.75, 3.05) is 28.2 Å². The fourth-order valence-electron chi connectivity index (χ4n) is 4.39. The zero-order chi connectivity index (χ0) is 27.1. The minimum Gasteiger partial charge on any atom is -0.481 e. The number of alkyl halides is 2. The Morgan fingerprint density at radius 1 is 1.16 bits per heavy atom. The largest absolute Gasteiger partial charge is 0.481 e. The maximum Gasteiger partial charge on any atom is 0.326 e. The smallest absolute Gasteiger partial charge is 0.326 e. The van der Waals surface area contributed by atoms with Crippen LogP contribution in [0.1, 0.15) is 47.3 Å². The summed E-state index contributed by atoms with van der Waals surface area (Å²) in [4.78, 5) is 45.6. The number of nitrogens with one attached hydrogen (secondary N) is 1. The number of halogens is 2. The molecule has 37 heavy (non-hydrogen) atoms. The Labute approximate surface area is 231 Å². The van der Waals surface area contributed by atoms with Gasteiger partial charge in [-0.1, -0.05) is 44.0 Å². The van der Waals surface area contributed by atoms with Gasteiger partial charge in [0.2, 0.25) is 5.95 Å². The van der Waals surface area contributed by atoms with Crippen molar-refractivity contribution in [3.63, 3.8) is 0 Å². The maximum absolute atomic E-state index is 12.5. The number of carbonyl (C=O) groups excluding carboxylic acids is 1. The van der Waals surface area contributed by atoms with Crippen LogP contribution in [0.3, 0.4) is 0 Å². The number of anilines is 3. The molecule has 1 aliphatic rings. The lowest BCUT2D eigenvalue weighted by atomic mass is 9.94. The minimum atomic E-state index is -1.27. The van der Waals surface area contributed by atoms with E-state index in [0.717, 1.165) is 48.0 Å². The number of carboxylic acid groups (broad SMARTS) is 2. The van der Waals surface area contributed by atoms with Crippen molar-refractivity contribution in [3.8, 4) is 0 Å². The van der Waals surface area contributed by atoms with Crippen LogP contribution in [-0.4, -0.2) is 66.8 Å². The predicted molar refractivity (Wildman–Crippen MR) is 147 cm³/mol. The first-order valence-corrected chi connectivity index (χ1v) is 13.9. The predicted octanol–water partition coefficient (Wildman–Crippen LogP) is 2.60. The topological polar surface area (TPSA) is 185 Å². The number of aryl methyl sites for hydroxylation is 2. The Bertz CT molecular complexity index is 1130. The van der Waals surface area contributed by atoms with Gasteiger partial charge in [0.25, 0.3) is 5.91 Å². The van der Waals surface area contributed by atoms with E-state index in [9.17, 15) is 19.5 Å². The quantitative estimate of drug-likeness (QED) is 0.216. The van der Waals surface area contributed by atoms with E-state index in [1.54, 1.807) is 12.1 Å². The lowest BCUT2D eigenvalue weighted by Crippen LogP contribution is -2.44. The number of rotatable bonds is 12. The Morgan fingerprint density at radius 3 is 2.49 bits per heavy atom. The number of aromatic nitrogens is 2. The number of hydrogen-bond acceptors (Lipinski definition) is 8. The SMILES string of the molecule is Nc1nc(N)c2c(n1)CCC(CCc1ccc(C(=O)N[C@@H](CCC(=O)O)C(=O)O)cc1)N2CC(Br)CBr. The van der Waals surface area contributed by atoms with Gasteiger partial charge >= 0.3 is 11.9 Å². The normalized spacial score (nSPS) is 16.5. The van der Waals surface area contributed by atoms with Gasteiger partial charge in [-0.15, -0.1) is 0 Å². The summed E-state index contributed by atoms with van der Waals surface area (Å²) in [6.45, 7) is 0.714. The third-order valence-corrected chi connectivity index (χ3v) is 8.50. The van der Waals surface area contributed by atoms with Gasteiger partial charge in [-0.3, -0.25) is 9.59 Å². The summed E-state index contributed by atoms with van der Waals surface area (Å²) in [6, 6.07) is 5.90. The van der Waals surface area contributed by atoms with E-state index in [1.165, 1.54) is 0 Å². The minimum absolute atomic E-state index is 0.172. The Kier molecular flexibility index (Phi) is 10.1. The van der Waals surface area contributed by atoms with Crippen LogP contribution >= 0.6 is 31.9 Å². The van der Waals surface area contributed by atoms with E-state index < -0.39 is 23.9 Å². The average molecular weight is 642 g/mol. The average Bonchev–Trinajstić information content (AvgIpc) is 2.85. The molecule has 0 radical (unpaired) electrons. The molecule has 1 amide bonds. The van der Waals surface area contributed by atoms with Crippen LogP contribution in [-0.2, 0) is 22.4 Å². The molecule has 3 atom stereocenters. The highest BCUT2D eigenvalue weighted by Crippen LogP contribution is 2.36. The summed E-state index contributed by atoms with van der Waals surface area (Å²) in [7, 11) is 0. The van der Waals surface area contributed by atoms with Crippen LogP contribution in [0.15, 0.2) is 24.3 Å². The summed E-state index contributed by atoms with van der Waals surface area (Å²) in [5, 5.41) is 21.2. The molecule has 3 rings (SSSR count). The van der Waals surface area contributed by atoms with Crippen LogP contribution in [0.5, 0.6) is 0 Å². The number of benzene rings is 1. The molecule has 13 heteroatoms. The van der Waals surface area contributed by atoms with Crippen molar-refractivity contribution in [3.05, 3.63) is 41.1 Å². The fourth-order valence-corrected chi connectivity index (χ4v) is 4.91. The molecule has 0 fully saturated rings. The zero-order valence-electron chi connectivity index (χ0n) is 20.1. The lowest BCUT2D eigenvalue weighted by Gasteiger charge is -2.40. The number of carboxylic acids is 2. The number of nitrogen functional groups attached to an aromatic ring is 2. The van der Waals surface area contributed by atoms with Crippen molar-refractivity contribution < 1.29 is 24.6 Å². The van der Waals surface area contributed by atoms with Crippen LogP contribution < -0.4 is 21.7 Å². The monoisotopic (exact) mass is 640 g/mol.